The van der Waals surface area contributed by atoms with Crippen LogP contribution in [0.25, 0.3) is 11.1 Å². The van der Waals surface area contributed by atoms with Gasteiger partial charge in [-0.05, 0) is 44.2 Å². The predicted octanol–water partition coefficient (Wildman–Crippen LogP) is 3.93. The molecule has 8 heteroatoms. The van der Waals surface area contributed by atoms with E-state index in [1.54, 1.807) is 37.3 Å². The molecule has 7 nitrogen and oxygen atoms in total. The van der Waals surface area contributed by atoms with Crippen molar-refractivity contribution in [3.63, 3.8) is 0 Å². The van der Waals surface area contributed by atoms with E-state index in [1.807, 2.05) is 6.92 Å². The molecule has 3 aromatic rings. The number of nitrogen functional groups attached to an aromatic ring is 1. The first-order chi connectivity index (χ1) is 12.5. The number of halogens is 1. The monoisotopic (exact) mass is 372 g/mol. The highest BCUT2D eigenvalue weighted by Crippen LogP contribution is 2.34. The number of anilines is 2. The summed E-state index contributed by atoms with van der Waals surface area (Å²) in [6.07, 6.45) is 1.28. The van der Waals surface area contributed by atoms with Crippen LogP contribution < -0.4 is 15.8 Å². The number of hydrogen-bond acceptors (Lipinski definition) is 6. The molecule has 26 heavy (non-hydrogen) atoms. The Hall–Kier alpha value is -3.06. The molecule has 0 aliphatic heterocycles. The third-order valence-electron chi connectivity index (χ3n) is 3.70. The van der Waals surface area contributed by atoms with Crippen molar-refractivity contribution >= 4 is 29.1 Å². The number of ether oxygens (including phenoxy) is 1. The fourth-order valence-electron chi connectivity index (χ4n) is 2.43. The smallest absolute Gasteiger partial charge is 0.262 e. The maximum atomic E-state index is 12.2. The van der Waals surface area contributed by atoms with E-state index in [0.29, 0.717) is 45.6 Å². The minimum atomic E-state index is -0.375. The Balaban J connectivity index is 1.87. The van der Waals surface area contributed by atoms with Gasteiger partial charge in [0.25, 0.3) is 5.91 Å². The van der Waals surface area contributed by atoms with Gasteiger partial charge in [0.1, 0.15) is 29.2 Å². The van der Waals surface area contributed by atoms with Crippen molar-refractivity contribution in [1.82, 2.24) is 10.1 Å². The molecule has 0 saturated carbocycles. The highest BCUT2D eigenvalue weighted by Gasteiger charge is 2.15. The third kappa shape index (κ3) is 3.62. The molecule has 0 radical (unpaired) electrons. The van der Waals surface area contributed by atoms with Crippen molar-refractivity contribution in [2.75, 3.05) is 17.7 Å². The van der Waals surface area contributed by atoms with Gasteiger partial charge in [0.05, 0.1) is 12.3 Å². The summed E-state index contributed by atoms with van der Waals surface area (Å²) in [4.78, 5) is 16.4. The Morgan fingerprint density at radius 1 is 1.31 bits per heavy atom. The van der Waals surface area contributed by atoms with E-state index in [-0.39, 0.29) is 11.7 Å². The molecule has 0 atom stereocenters. The average Bonchev–Trinajstić information content (AvgIpc) is 3.03. The zero-order valence-electron chi connectivity index (χ0n) is 14.2. The second-order valence-corrected chi connectivity index (χ2v) is 5.88. The number of pyridine rings is 1. The van der Waals surface area contributed by atoms with Crippen molar-refractivity contribution in [2.24, 2.45) is 0 Å². The van der Waals surface area contributed by atoms with Crippen molar-refractivity contribution in [1.29, 1.82) is 0 Å². The minimum absolute atomic E-state index is 0.236. The number of carbonyl (C=O) groups excluding carboxylic acids is 1. The van der Waals surface area contributed by atoms with Crippen LogP contribution in [0.5, 0.6) is 5.75 Å². The van der Waals surface area contributed by atoms with Gasteiger partial charge in [-0.25, -0.2) is 4.98 Å². The molecular formula is C18H17ClN4O3. The average molecular weight is 373 g/mol. The summed E-state index contributed by atoms with van der Waals surface area (Å²) < 4.78 is 10.3. The molecule has 0 saturated heterocycles. The molecule has 3 N–H and O–H groups in total. The lowest BCUT2D eigenvalue weighted by Crippen LogP contribution is -2.14. The number of nitrogens with two attached hydrogens (primary N) is 1. The zero-order valence-corrected chi connectivity index (χ0v) is 15.0. The molecule has 1 aromatic carbocycles. The number of aryl methyl sites for hydroxylation is 1. The summed E-state index contributed by atoms with van der Waals surface area (Å²) in [5.74, 6) is 0.862. The summed E-state index contributed by atoms with van der Waals surface area (Å²) in [5, 5.41) is 6.87. The number of carbonyl (C=O) groups is 1. The predicted molar refractivity (Wildman–Crippen MR) is 99.5 cm³/mol. The van der Waals surface area contributed by atoms with Gasteiger partial charge in [-0.3, -0.25) is 4.79 Å². The van der Waals surface area contributed by atoms with Crippen LogP contribution in [0.4, 0.5) is 11.6 Å². The van der Waals surface area contributed by atoms with E-state index in [1.165, 1.54) is 6.26 Å². The molecule has 2 aromatic heterocycles. The molecular weight excluding hydrogens is 356 g/mol. The maximum Gasteiger partial charge on any atom is 0.262 e. The quantitative estimate of drug-likeness (QED) is 0.703. The summed E-state index contributed by atoms with van der Waals surface area (Å²) in [6.45, 7) is 4.12. The number of nitrogens with one attached hydrogen (secondary N) is 1. The van der Waals surface area contributed by atoms with E-state index in [9.17, 15) is 4.79 Å². The van der Waals surface area contributed by atoms with Crippen molar-refractivity contribution in [3.8, 4) is 16.9 Å². The Morgan fingerprint density at radius 2 is 2.12 bits per heavy atom. The molecule has 0 aliphatic carbocycles. The van der Waals surface area contributed by atoms with E-state index in [4.69, 9.17) is 26.6 Å². The number of amides is 1. The molecule has 134 valence electrons. The van der Waals surface area contributed by atoms with Crippen molar-refractivity contribution < 1.29 is 14.1 Å². The highest BCUT2D eigenvalue weighted by molar-refractivity contribution is 6.33. The lowest BCUT2D eigenvalue weighted by molar-refractivity contribution is 0.102. The Morgan fingerprint density at radius 3 is 2.77 bits per heavy atom. The van der Waals surface area contributed by atoms with Crippen LogP contribution in [0.1, 0.15) is 23.0 Å². The molecule has 2 heterocycles. The first-order valence-corrected chi connectivity index (χ1v) is 8.29. The van der Waals surface area contributed by atoms with Crippen LogP contribution in [0.2, 0.25) is 5.02 Å². The van der Waals surface area contributed by atoms with Gasteiger partial charge in [0.2, 0.25) is 0 Å². The van der Waals surface area contributed by atoms with Crippen LogP contribution in [-0.2, 0) is 0 Å². The van der Waals surface area contributed by atoms with Crippen LogP contribution >= 0.6 is 11.6 Å². The lowest BCUT2D eigenvalue weighted by atomic mass is 10.1. The van der Waals surface area contributed by atoms with Crippen LogP contribution in [-0.4, -0.2) is 22.7 Å². The molecule has 0 spiro atoms. The SMILES string of the molecule is CCOc1ccc(Cl)c(-c2ccc(NC(=O)c3conc3C)nc2N)c1. The Labute approximate surface area is 155 Å². The van der Waals surface area contributed by atoms with Gasteiger partial charge < -0.3 is 20.3 Å². The van der Waals surface area contributed by atoms with E-state index < -0.39 is 0 Å². The van der Waals surface area contributed by atoms with Crippen LogP contribution in [0.3, 0.4) is 0 Å². The largest absolute Gasteiger partial charge is 0.494 e. The third-order valence-corrected chi connectivity index (χ3v) is 4.03. The first-order valence-electron chi connectivity index (χ1n) is 7.91. The fourth-order valence-corrected chi connectivity index (χ4v) is 2.65. The standard InChI is InChI=1S/C18H17ClN4O3/c1-3-25-11-4-6-15(19)13(8-11)12-5-7-16(21-17(12)20)22-18(24)14-9-26-23-10(14)2/h4-9H,3H2,1-2H3,(H3,20,21,22,24). The summed E-state index contributed by atoms with van der Waals surface area (Å²) in [7, 11) is 0. The Bertz CT molecular complexity index is 955. The molecule has 1 amide bonds. The van der Waals surface area contributed by atoms with Crippen molar-refractivity contribution in [2.45, 2.75) is 13.8 Å². The van der Waals surface area contributed by atoms with Crippen LogP contribution in [0, 0.1) is 6.92 Å². The highest BCUT2D eigenvalue weighted by atomic mass is 35.5. The summed E-state index contributed by atoms with van der Waals surface area (Å²) in [6, 6.07) is 8.73. The van der Waals surface area contributed by atoms with Gasteiger partial charge in [-0.2, -0.15) is 0 Å². The topological polar surface area (TPSA) is 103 Å². The fraction of sp³-hybridized carbons (Fsp3) is 0.167. The van der Waals surface area contributed by atoms with Crippen molar-refractivity contribution in [3.05, 3.63) is 52.9 Å². The second-order valence-electron chi connectivity index (χ2n) is 5.47. The van der Waals surface area contributed by atoms with E-state index >= 15 is 0 Å². The maximum absolute atomic E-state index is 12.2. The van der Waals surface area contributed by atoms with E-state index in [2.05, 4.69) is 15.5 Å². The van der Waals surface area contributed by atoms with Gasteiger partial charge in [-0.15, -0.1) is 0 Å². The number of benzene rings is 1. The Kier molecular flexibility index (Phi) is 5.09. The van der Waals surface area contributed by atoms with Gasteiger partial charge >= 0.3 is 0 Å². The zero-order chi connectivity index (χ0) is 18.7. The molecule has 0 aliphatic rings. The number of rotatable bonds is 5. The normalized spacial score (nSPS) is 10.6. The van der Waals surface area contributed by atoms with Gasteiger partial charge in [0, 0.05) is 16.1 Å². The lowest BCUT2D eigenvalue weighted by Gasteiger charge is -2.11. The molecule has 0 fully saturated rings. The van der Waals surface area contributed by atoms with E-state index in [0.717, 1.165) is 0 Å². The summed E-state index contributed by atoms with van der Waals surface area (Å²) in [5.41, 5.74) is 8.26. The van der Waals surface area contributed by atoms with Gasteiger partial charge in [0.15, 0.2) is 0 Å². The number of nitrogens with zero attached hydrogens (tertiary/aromatic N) is 2. The molecule has 0 unspecified atom stereocenters. The second kappa shape index (κ2) is 7.45. The minimum Gasteiger partial charge on any atom is -0.494 e. The number of aromatic nitrogens is 2. The van der Waals surface area contributed by atoms with Crippen LogP contribution in [0.15, 0.2) is 41.1 Å². The number of hydrogen-bond donors (Lipinski definition) is 2. The first kappa shape index (κ1) is 17.8. The summed E-state index contributed by atoms with van der Waals surface area (Å²) >= 11 is 6.29. The van der Waals surface area contributed by atoms with Gasteiger partial charge in [-0.1, -0.05) is 16.8 Å². The molecule has 0 bridgehead atoms. The molecule has 3 rings (SSSR count).